The second-order valence-electron chi connectivity index (χ2n) is 7.53. The fourth-order valence-electron chi connectivity index (χ4n) is 3.86. The van der Waals surface area contributed by atoms with Crippen molar-refractivity contribution in [2.24, 2.45) is 0 Å². The van der Waals surface area contributed by atoms with E-state index in [1.54, 1.807) is 53.6 Å². The lowest BCUT2D eigenvalue weighted by Crippen LogP contribution is -2.06. The van der Waals surface area contributed by atoms with Crippen LogP contribution in [-0.4, -0.2) is 42.7 Å². The zero-order chi connectivity index (χ0) is 22.9. The number of nitrogens with zero attached hydrogens (tertiary/aromatic N) is 5. The Morgan fingerprint density at radius 3 is 2.39 bits per heavy atom. The number of rotatable bonds is 5. The molecule has 0 unspecified atom stereocenters. The summed E-state index contributed by atoms with van der Waals surface area (Å²) < 4.78 is 1.77. The Balaban J connectivity index is 1.62. The van der Waals surface area contributed by atoms with Gasteiger partial charge in [0.15, 0.2) is 5.65 Å². The van der Waals surface area contributed by atoms with Gasteiger partial charge in [-0.25, -0.2) is 9.78 Å². The maximum Gasteiger partial charge on any atom is 0.335 e. The van der Waals surface area contributed by atoms with Gasteiger partial charge in [-0.3, -0.25) is 9.97 Å². The first-order chi connectivity index (χ1) is 16.1. The second-order valence-corrected chi connectivity index (χ2v) is 7.53. The van der Waals surface area contributed by atoms with Crippen LogP contribution in [0.1, 0.15) is 15.9 Å². The molecular formula is C25H20N6O2. The second kappa shape index (κ2) is 8.16. The van der Waals surface area contributed by atoms with E-state index < -0.39 is 5.97 Å². The first-order valence-corrected chi connectivity index (χ1v) is 10.3. The lowest BCUT2D eigenvalue weighted by Gasteiger charge is -2.13. The summed E-state index contributed by atoms with van der Waals surface area (Å²) in [5.74, 6) is -0.151. The van der Waals surface area contributed by atoms with Crippen molar-refractivity contribution >= 4 is 17.4 Å². The van der Waals surface area contributed by atoms with Crippen molar-refractivity contribution in [3.8, 4) is 33.6 Å². The van der Waals surface area contributed by atoms with Crippen LogP contribution < -0.4 is 5.32 Å². The molecule has 0 amide bonds. The average Bonchev–Trinajstić information content (AvgIpc) is 3.28. The van der Waals surface area contributed by atoms with Gasteiger partial charge in [-0.1, -0.05) is 18.2 Å². The molecule has 0 radical (unpaired) electrons. The van der Waals surface area contributed by atoms with Gasteiger partial charge >= 0.3 is 5.97 Å². The molecule has 0 aliphatic heterocycles. The Hall–Kier alpha value is -4.59. The third-order valence-corrected chi connectivity index (χ3v) is 5.56. The van der Waals surface area contributed by atoms with Gasteiger partial charge in [-0.15, -0.1) is 0 Å². The molecule has 0 atom stereocenters. The Labute approximate surface area is 189 Å². The average molecular weight is 436 g/mol. The Morgan fingerprint density at radius 2 is 1.76 bits per heavy atom. The van der Waals surface area contributed by atoms with Gasteiger partial charge in [0.2, 0.25) is 0 Å². The van der Waals surface area contributed by atoms with E-state index in [2.05, 4.69) is 20.4 Å². The predicted molar refractivity (Wildman–Crippen MR) is 126 cm³/mol. The van der Waals surface area contributed by atoms with Crippen LogP contribution in [0.5, 0.6) is 0 Å². The molecule has 4 aromatic heterocycles. The topological polar surface area (TPSA) is 105 Å². The third kappa shape index (κ3) is 3.57. The van der Waals surface area contributed by atoms with Crippen LogP contribution in [0.15, 0.2) is 73.3 Å². The van der Waals surface area contributed by atoms with Crippen molar-refractivity contribution in [3.05, 3.63) is 84.4 Å². The summed E-state index contributed by atoms with van der Waals surface area (Å²) in [5.41, 5.74) is 6.93. The number of benzene rings is 1. The van der Waals surface area contributed by atoms with Crippen LogP contribution in [0, 0.1) is 6.92 Å². The molecule has 0 saturated heterocycles. The summed E-state index contributed by atoms with van der Waals surface area (Å²) in [4.78, 5) is 24.9. The molecule has 2 N–H and O–H groups in total. The minimum absolute atomic E-state index is 0.233. The van der Waals surface area contributed by atoms with Gasteiger partial charge in [0.1, 0.15) is 5.82 Å². The number of anilines is 1. The standard InChI is InChI=1S/C25H20N6O2/c1-15-22(16-5-7-17(8-6-16)25(32)33)30-24-20(14-29-31(24)23(15)26-2)18-9-10-21(28-13-18)19-4-3-11-27-12-19/h3-14,26H,1-2H3,(H,32,33). The Kier molecular flexibility index (Phi) is 5.02. The lowest BCUT2D eigenvalue weighted by molar-refractivity contribution is 0.0697. The van der Waals surface area contributed by atoms with Crippen molar-refractivity contribution in [1.29, 1.82) is 0 Å². The summed E-state index contributed by atoms with van der Waals surface area (Å²) >= 11 is 0. The van der Waals surface area contributed by atoms with Gasteiger partial charge < -0.3 is 10.4 Å². The number of aromatic nitrogens is 5. The molecule has 0 spiro atoms. The summed E-state index contributed by atoms with van der Waals surface area (Å²) in [7, 11) is 1.84. The summed E-state index contributed by atoms with van der Waals surface area (Å²) in [6, 6.07) is 14.5. The molecule has 0 aliphatic rings. The maximum absolute atomic E-state index is 11.2. The van der Waals surface area contributed by atoms with Crippen LogP contribution in [0.3, 0.4) is 0 Å². The predicted octanol–water partition coefficient (Wildman–Crippen LogP) is 4.57. The van der Waals surface area contributed by atoms with Crippen LogP contribution in [-0.2, 0) is 0 Å². The van der Waals surface area contributed by atoms with E-state index in [1.807, 2.05) is 38.2 Å². The van der Waals surface area contributed by atoms with Gasteiger partial charge in [0.25, 0.3) is 0 Å². The minimum atomic E-state index is -0.960. The monoisotopic (exact) mass is 436 g/mol. The highest BCUT2D eigenvalue weighted by atomic mass is 16.4. The quantitative estimate of drug-likeness (QED) is 0.416. The molecule has 4 heterocycles. The molecular weight excluding hydrogens is 416 g/mol. The molecule has 0 bridgehead atoms. The first kappa shape index (κ1) is 20.3. The van der Waals surface area contributed by atoms with Crippen LogP contribution >= 0.6 is 0 Å². The number of carboxylic acid groups (broad SMARTS) is 1. The maximum atomic E-state index is 11.2. The number of carboxylic acids is 1. The molecule has 8 nitrogen and oxygen atoms in total. The minimum Gasteiger partial charge on any atom is -0.478 e. The number of hydrogen-bond donors (Lipinski definition) is 2. The van der Waals surface area contributed by atoms with E-state index >= 15 is 0 Å². The third-order valence-electron chi connectivity index (χ3n) is 5.56. The van der Waals surface area contributed by atoms with E-state index in [4.69, 9.17) is 4.98 Å². The highest BCUT2D eigenvalue weighted by Gasteiger charge is 2.18. The molecule has 162 valence electrons. The van der Waals surface area contributed by atoms with Crippen molar-refractivity contribution in [2.75, 3.05) is 12.4 Å². The van der Waals surface area contributed by atoms with E-state index in [1.165, 1.54) is 0 Å². The summed E-state index contributed by atoms with van der Waals surface area (Å²) in [5, 5.41) is 17.0. The van der Waals surface area contributed by atoms with E-state index in [0.29, 0.717) is 5.65 Å². The highest BCUT2D eigenvalue weighted by Crippen LogP contribution is 2.32. The molecule has 0 saturated carbocycles. The fraction of sp³-hybridized carbons (Fsp3) is 0.0800. The molecule has 1 aromatic carbocycles. The Morgan fingerprint density at radius 1 is 0.970 bits per heavy atom. The van der Waals surface area contributed by atoms with Crippen LogP contribution in [0.2, 0.25) is 0 Å². The number of nitrogens with one attached hydrogen (secondary N) is 1. The summed E-state index contributed by atoms with van der Waals surface area (Å²) in [6.07, 6.45) is 7.10. The van der Waals surface area contributed by atoms with Crippen molar-refractivity contribution < 1.29 is 9.90 Å². The summed E-state index contributed by atoms with van der Waals surface area (Å²) in [6.45, 7) is 1.96. The van der Waals surface area contributed by atoms with E-state index in [9.17, 15) is 9.90 Å². The molecule has 33 heavy (non-hydrogen) atoms. The van der Waals surface area contributed by atoms with Crippen molar-refractivity contribution in [1.82, 2.24) is 24.6 Å². The Bertz CT molecular complexity index is 1460. The molecule has 5 aromatic rings. The zero-order valence-corrected chi connectivity index (χ0v) is 18.0. The zero-order valence-electron chi connectivity index (χ0n) is 18.0. The van der Waals surface area contributed by atoms with Crippen LogP contribution in [0.25, 0.3) is 39.3 Å². The first-order valence-electron chi connectivity index (χ1n) is 10.3. The van der Waals surface area contributed by atoms with Gasteiger partial charge in [-0.05, 0) is 37.3 Å². The lowest BCUT2D eigenvalue weighted by atomic mass is 10.0. The molecule has 0 fully saturated rings. The number of aromatic carboxylic acids is 1. The smallest absolute Gasteiger partial charge is 0.335 e. The van der Waals surface area contributed by atoms with E-state index in [0.717, 1.165) is 45.0 Å². The van der Waals surface area contributed by atoms with Gasteiger partial charge in [0.05, 0.1) is 23.1 Å². The van der Waals surface area contributed by atoms with Crippen LogP contribution in [0.4, 0.5) is 5.82 Å². The number of fused-ring (bicyclic) bond motifs is 1. The largest absolute Gasteiger partial charge is 0.478 e. The number of pyridine rings is 2. The van der Waals surface area contributed by atoms with E-state index in [-0.39, 0.29) is 5.56 Å². The number of carbonyl (C=O) groups is 1. The molecule has 5 rings (SSSR count). The van der Waals surface area contributed by atoms with Crippen molar-refractivity contribution in [2.45, 2.75) is 6.92 Å². The van der Waals surface area contributed by atoms with Gasteiger partial charge in [0, 0.05) is 53.5 Å². The van der Waals surface area contributed by atoms with Gasteiger partial charge in [-0.2, -0.15) is 9.61 Å². The normalized spacial score (nSPS) is 11.0. The molecule has 8 heteroatoms. The SMILES string of the molecule is CNc1c(C)c(-c2ccc(C(=O)O)cc2)nc2c(-c3ccc(-c4cccnc4)nc3)cnn12. The molecule has 0 aliphatic carbocycles. The number of hydrogen-bond acceptors (Lipinski definition) is 6. The highest BCUT2D eigenvalue weighted by molar-refractivity contribution is 5.88. The fourth-order valence-corrected chi connectivity index (χ4v) is 3.86. The van der Waals surface area contributed by atoms with Crippen molar-refractivity contribution in [3.63, 3.8) is 0 Å².